The molecule has 1 aliphatic rings. The van der Waals surface area contributed by atoms with Gasteiger partial charge in [-0.25, -0.2) is 4.99 Å². The van der Waals surface area contributed by atoms with Crippen LogP contribution < -0.4 is 5.73 Å². The van der Waals surface area contributed by atoms with E-state index in [-0.39, 0.29) is 0 Å². The summed E-state index contributed by atoms with van der Waals surface area (Å²) in [6.07, 6.45) is 4.72. The molecule has 2 heterocycles. The quantitative estimate of drug-likeness (QED) is 0.845. The topological polar surface area (TPSA) is 96.1 Å². The van der Waals surface area contributed by atoms with Crippen LogP contribution in [-0.2, 0) is 6.42 Å². The normalized spacial score (nSPS) is 14.4. The van der Waals surface area contributed by atoms with Crippen molar-refractivity contribution in [2.45, 2.75) is 6.42 Å². The van der Waals surface area contributed by atoms with Crippen LogP contribution in [0.2, 0.25) is 0 Å². The fourth-order valence-electron chi connectivity index (χ4n) is 2.02. The average molecular weight is 269 g/mol. The number of aromatic amines is 1. The van der Waals surface area contributed by atoms with Crippen molar-refractivity contribution >= 4 is 5.84 Å². The second-order valence-electron chi connectivity index (χ2n) is 4.54. The van der Waals surface area contributed by atoms with Crippen LogP contribution >= 0.6 is 0 Å². The Labute approximate surface area is 116 Å². The second kappa shape index (κ2) is 5.52. The molecule has 102 valence electrons. The van der Waals surface area contributed by atoms with E-state index < -0.39 is 0 Å². The van der Waals surface area contributed by atoms with Crippen molar-refractivity contribution in [3.05, 3.63) is 42.1 Å². The Morgan fingerprint density at radius 1 is 1.35 bits per heavy atom. The molecule has 7 nitrogen and oxygen atoms in total. The molecule has 1 aromatic heterocycles. The molecule has 0 aliphatic carbocycles. The maximum absolute atomic E-state index is 5.59. The summed E-state index contributed by atoms with van der Waals surface area (Å²) < 4.78 is 0. The molecule has 2 aromatic rings. The molecule has 0 saturated heterocycles. The van der Waals surface area contributed by atoms with Crippen molar-refractivity contribution in [1.29, 1.82) is 0 Å². The maximum atomic E-state index is 5.59. The molecule has 1 aromatic carbocycles. The number of rotatable bonds is 4. The monoisotopic (exact) mass is 269 g/mol. The van der Waals surface area contributed by atoms with Gasteiger partial charge in [0.05, 0.1) is 0 Å². The molecule has 0 atom stereocenters. The lowest BCUT2D eigenvalue weighted by Crippen LogP contribution is -2.26. The molecule has 0 saturated carbocycles. The van der Waals surface area contributed by atoms with Crippen molar-refractivity contribution in [1.82, 2.24) is 25.5 Å². The first-order valence-electron chi connectivity index (χ1n) is 6.36. The van der Waals surface area contributed by atoms with Crippen LogP contribution in [0.3, 0.4) is 0 Å². The summed E-state index contributed by atoms with van der Waals surface area (Å²) in [7, 11) is 0. The third-order valence-corrected chi connectivity index (χ3v) is 3.11. The molecule has 0 spiro atoms. The zero-order valence-corrected chi connectivity index (χ0v) is 10.9. The lowest BCUT2D eigenvalue weighted by Gasteiger charge is -2.20. The van der Waals surface area contributed by atoms with Gasteiger partial charge in [0.15, 0.2) is 0 Å². The van der Waals surface area contributed by atoms with E-state index in [9.17, 15) is 0 Å². The van der Waals surface area contributed by atoms with E-state index in [2.05, 4.69) is 42.6 Å². The van der Waals surface area contributed by atoms with E-state index in [4.69, 9.17) is 5.73 Å². The largest absolute Gasteiger partial charge is 0.384 e. The smallest absolute Gasteiger partial charge is 0.204 e. The molecule has 0 unspecified atom stereocenters. The molecular formula is C13H15N7. The Bertz CT molecular complexity index is 630. The number of benzene rings is 1. The molecule has 3 N–H and O–H groups in total. The third kappa shape index (κ3) is 2.82. The molecule has 20 heavy (non-hydrogen) atoms. The van der Waals surface area contributed by atoms with Gasteiger partial charge < -0.3 is 10.6 Å². The number of aromatic nitrogens is 4. The Balaban J connectivity index is 1.64. The van der Waals surface area contributed by atoms with Crippen molar-refractivity contribution < 1.29 is 0 Å². The highest BCUT2D eigenvalue weighted by molar-refractivity contribution is 5.91. The highest BCUT2D eigenvalue weighted by Crippen LogP contribution is 2.15. The summed E-state index contributed by atoms with van der Waals surface area (Å²) in [6, 6.07) is 8.15. The van der Waals surface area contributed by atoms with Crippen LogP contribution in [0.15, 0.2) is 41.5 Å². The van der Waals surface area contributed by atoms with Gasteiger partial charge in [-0.1, -0.05) is 18.2 Å². The fraction of sp³-hybridized carbons (Fsp3) is 0.231. The van der Waals surface area contributed by atoms with Gasteiger partial charge in [0.2, 0.25) is 5.82 Å². The van der Waals surface area contributed by atoms with Crippen LogP contribution in [0.25, 0.3) is 11.4 Å². The van der Waals surface area contributed by atoms with Gasteiger partial charge in [0.25, 0.3) is 0 Å². The Hall–Kier alpha value is -2.70. The van der Waals surface area contributed by atoms with E-state index >= 15 is 0 Å². The highest BCUT2D eigenvalue weighted by Gasteiger charge is 2.06. The predicted octanol–water partition coefficient (Wildman–Crippen LogP) is 0.553. The van der Waals surface area contributed by atoms with E-state index in [1.165, 1.54) is 5.56 Å². The van der Waals surface area contributed by atoms with Gasteiger partial charge in [-0.15, -0.1) is 10.2 Å². The summed E-state index contributed by atoms with van der Waals surface area (Å²) in [5.41, 5.74) is 7.78. The summed E-state index contributed by atoms with van der Waals surface area (Å²) in [5, 5.41) is 14.0. The van der Waals surface area contributed by atoms with E-state index in [0.29, 0.717) is 18.3 Å². The standard InChI is InChI=1S/C13H15N7/c14-12-5-7-20(9-15-12)6-4-10-2-1-3-11(8-10)13-16-18-19-17-13/h1-3,5,7-8H,4,6,9H2,(H2,14,15)(H,16,17,18,19). The minimum absolute atomic E-state index is 0.584. The molecule has 0 amide bonds. The van der Waals surface area contributed by atoms with Crippen molar-refractivity contribution in [3.8, 4) is 11.4 Å². The van der Waals surface area contributed by atoms with E-state index in [0.717, 1.165) is 18.5 Å². The molecule has 0 bridgehead atoms. The van der Waals surface area contributed by atoms with Gasteiger partial charge in [-0.2, -0.15) is 5.21 Å². The zero-order chi connectivity index (χ0) is 13.8. The molecule has 0 radical (unpaired) electrons. The lowest BCUT2D eigenvalue weighted by molar-refractivity contribution is 0.389. The minimum atomic E-state index is 0.584. The third-order valence-electron chi connectivity index (χ3n) is 3.11. The summed E-state index contributed by atoms with van der Waals surface area (Å²) in [6.45, 7) is 1.51. The predicted molar refractivity (Wildman–Crippen MR) is 75.7 cm³/mol. The first kappa shape index (κ1) is 12.3. The summed E-state index contributed by atoms with van der Waals surface area (Å²) >= 11 is 0. The summed E-state index contributed by atoms with van der Waals surface area (Å²) in [4.78, 5) is 6.31. The summed E-state index contributed by atoms with van der Waals surface area (Å²) in [5.74, 6) is 1.20. The first-order chi connectivity index (χ1) is 9.81. The van der Waals surface area contributed by atoms with Gasteiger partial charge in [0, 0.05) is 18.3 Å². The Kier molecular flexibility index (Phi) is 3.40. The number of tetrazole rings is 1. The number of nitrogens with one attached hydrogen (secondary N) is 1. The molecule has 7 heteroatoms. The number of H-pyrrole nitrogens is 1. The van der Waals surface area contributed by atoms with Crippen LogP contribution in [0.1, 0.15) is 5.56 Å². The van der Waals surface area contributed by atoms with Crippen molar-refractivity contribution in [2.75, 3.05) is 13.2 Å². The van der Waals surface area contributed by atoms with Gasteiger partial charge >= 0.3 is 0 Å². The van der Waals surface area contributed by atoms with Crippen LogP contribution in [-0.4, -0.2) is 44.6 Å². The van der Waals surface area contributed by atoms with Gasteiger partial charge in [-0.3, -0.25) is 0 Å². The van der Waals surface area contributed by atoms with Crippen LogP contribution in [0, 0.1) is 0 Å². The second-order valence-corrected chi connectivity index (χ2v) is 4.54. The zero-order valence-electron chi connectivity index (χ0n) is 10.9. The van der Waals surface area contributed by atoms with Crippen molar-refractivity contribution in [2.24, 2.45) is 10.7 Å². The number of aliphatic imine (C=N–C) groups is 1. The molecule has 3 rings (SSSR count). The molecule has 1 aliphatic heterocycles. The number of nitrogens with two attached hydrogens (primary N) is 1. The average Bonchev–Trinajstić information content (AvgIpc) is 3.01. The number of amidine groups is 1. The van der Waals surface area contributed by atoms with E-state index in [1.807, 2.05) is 24.4 Å². The van der Waals surface area contributed by atoms with Crippen molar-refractivity contribution in [3.63, 3.8) is 0 Å². The molecule has 0 fully saturated rings. The van der Waals surface area contributed by atoms with Gasteiger partial charge in [0.1, 0.15) is 12.5 Å². The SMILES string of the molecule is NC1=NCN(CCc2cccc(-c3nn[nH]n3)c2)C=C1. The number of hydrogen-bond acceptors (Lipinski definition) is 6. The number of hydrogen-bond donors (Lipinski definition) is 2. The minimum Gasteiger partial charge on any atom is -0.384 e. The van der Waals surface area contributed by atoms with Gasteiger partial charge in [-0.05, 0) is 29.3 Å². The fourth-order valence-corrected chi connectivity index (χ4v) is 2.02. The number of nitrogens with zero attached hydrogens (tertiary/aromatic N) is 5. The van der Waals surface area contributed by atoms with E-state index in [1.54, 1.807) is 0 Å². The van der Waals surface area contributed by atoms with Crippen LogP contribution in [0.5, 0.6) is 0 Å². The highest BCUT2D eigenvalue weighted by atomic mass is 15.5. The molecular weight excluding hydrogens is 254 g/mol. The van der Waals surface area contributed by atoms with Crippen LogP contribution in [0.4, 0.5) is 0 Å². The lowest BCUT2D eigenvalue weighted by atomic mass is 10.1. The maximum Gasteiger partial charge on any atom is 0.204 e. The Morgan fingerprint density at radius 2 is 2.30 bits per heavy atom. The first-order valence-corrected chi connectivity index (χ1v) is 6.36. The Morgan fingerprint density at radius 3 is 3.05 bits per heavy atom.